The van der Waals surface area contributed by atoms with Crippen molar-refractivity contribution in [3.8, 4) is 0 Å². The zero-order valence-corrected chi connectivity index (χ0v) is 11.7. The first-order valence-electron chi connectivity index (χ1n) is 6.06. The van der Waals surface area contributed by atoms with Gasteiger partial charge in [0.2, 0.25) is 0 Å². The van der Waals surface area contributed by atoms with Crippen LogP contribution in [0.2, 0.25) is 0 Å². The molecule has 1 aromatic rings. The summed E-state index contributed by atoms with van der Waals surface area (Å²) >= 11 is 0. The molecule has 0 aliphatic rings. The topological polar surface area (TPSA) is 75.4 Å². The monoisotopic (exact) mass is 271 g/mol. The van der Waals surface area contributed by atoms with Crippen molar-refractivity contribution in [3.05, 3.63) is 35.4 Å². The van der Waals surface area contributed by atoms with E-state index in [0.29, 0.717) is 19.6 Å². The van der Waals surface area contributed by atoms with Crippen molar-refractivity contribution in [1.29, 1.82) is 0 Å². The summed E-state index contributed by atoms with van der Waals surface area (Å²) in [6, 6.07) is 7.55. The molecule has 1 aromatic carbocycles. The number of hydrogen-bond acceptors (Lipinski definition) is 3. The maximum absolute atomic E-state index is 11.9. The highest BCUT2D eigenvalue weighted by atomic mass is 32.2. The van der Waals surface area contributed by atoms with E-state index in [1.807, 2.05) is 38.1 Å². The van der Waals surface area contributed by atoms with Crippen molar-refractivity contribution < 1.29 is 8.42 Å². The zero-order chi connectivity index (χ0) is 13.6. The Balaban J connectivity index is 2.76. The lowest BCUT2D eigenvalue weighted by Gasteiger charge is -2.19. The minimum absolute atomic E-state index is 0.270. The fraction of sp³-hybridized carbons (Fsp3) is 0.500. The number of nitrogens with zero attached hydrogens (tertiary/aromatic N) is 1. The predicted octanol–water partition coefficient (Wildman–Crippen LogP) is 0.821. The molecule has 0 spiro atoms. The molecule has 0 fully saturated rings. The third kappa shape index (κ3) is 3.78. The van der Waals surface area contributed by atoms with Gasteiger partial charge in [0.05, 0.1) is 0 Å². The van der Waals surface area contributed by atoms with Gasteiger partial charge < -0.3 is 5.73 Å². The smallest absolute Gasteiger partial charge is 0.279 e. The van der Waals surface area contributed by atoms with Crippen LogP contribution in [0.4, 0.5) is 0 Å². The third-order valence-corrected chi connectivity index (χ3v) is 4.53. The van der Waals surface area contributed by atoms with Gasteiger partial charge in [-0.05, 0) is 11.1 Å². The van der Waals surface area contributed by atoms with E-state index in [2.05, 4.69) is 4.72 Å². The molecule has 18 heavy (non-hydrogen) atoms. The first-order chi connectivity index (χ1) is 8.55. The van der Waals surface area contributed by atoms with Crippen LogP contribution in [0.25, 0.3) is 0 Å². The molecule has 0 radical (unpaired) electrons. The second-order valence-electron chi connectivity index (χ2n) is 3.88. The van der Waals surface area contributed by atoms with Crippen molar-refractivity contribution in [3.63, 3.8) is 0 Å². The lowest BCUT2D eigenvalue weighted by Crippen LogP contribution is -2.40. The Bertz CT molecular complexity index is 470. The second kappa shape index (κ2) is 6.84. The molecular formula is C12H21N3O2S. The number of hydrogen-bond donors (Lipinski definition) is 2. The first-order valence-corrected chi connectivity index (χ1v) is 7.50. The van der Waals surface area contributed by atoms with Crippen LogP contribution in [-0.4, -0.2) is 25.8 Å². The summed E-state index contributed by atoms with van der Waals surface area (Å²) in [5.74, 6) is 0. The lowest BCUT2D eigenvalue weighted by molar-refractivity contribution is 0.434. The standard InChI is InChI=1S/C12H21N3O2S/c1-3-15(4-2)18(16,17)14-10-12-8-6-5-7-11(12)9-13/h5-8,14H,3-4,9-10,13H2,1-2H3. The number of nitrogens with two attached hydrogens (primary N) is 1. The van der Waals surface area contributed by atoms with Gasteiger partial charge >= 0.3 is 0 Å². The van der Waals surface area contributed by atoms with Crippen LogP contribution in [0.15, 0.2) is 24.3 Å². The molecule has 6 heteroatoms. The quantitative estimate of drug-likeness (QED) is 0.771. The normalized spacial score (nSPS) is 12.0. The largest absolute Gasteiger partial charge is 0.326 e. The van der Waals surface area contributed by atoms with Crippen molar-refractivity contribution in [2.45, 2.75) is 26.9 Å². The Morgan fingerprint density at radius 1 is 1.17 bits per heavy atom. The van der Waals surface area contributed by atoms with E-state index in [9.17, 15) is 8.42 Å². The lowest BCUT2D eigenvalue weighted by atomic mass is 10.1. The molecule has 0 atom stereocenters. The Kier molecular flexibility index (Phi) is 5.74. The summed E-state index contributed by atoms with van der Waals surface area (Å²) < 4.78 is 27.9. The molecule has 0 bridgehead atoms. The van der Waals surface area contributed by atoms with Gasteiger partial charge in [-0.25, -0.2) is 0 Å². The molecule has 5 nitrogen and oxygen atoms in total. The highest BCUT2D eigenvalue weighted by Crippen LogP contribution is 2.08. The number of rotatable bonds is 7. The average Bonchev–Trinajstić information content (AvgIpc) is 2.38. The summed E-state index contributed by atoms with van der Waals surface area (Å²) in [6.45, 7) is 5.23. The Labute approximate surface area is 109 Å². The van der Waals surface area contributed by atoms with Crippen molar-refractivity contribution >= 4 is 10.2 Å². The summed E-state index contributed by atoms with van der Waals surface area (Å²) in [5.41, 5.74) is 7.49. The van der Waals surface area contributed by atoms with Crippen molar-refractivity contribution in [2.24, 2.45) is 5.73 Å². The Morgan fingerprint density at radius 3 is 2.22 bits per heavy atom. The van der Waals surface area contributed by atoms with Crippen LogP contribution < -0.4 is 10.5 Å². The summed E-state index contributed by atoms with van der Waals surface area (Å²) in [4.78, 5) is 0. The predicted molar refractivity (Wildman–Crippen MR) is 73.0 cm³/mol. The highest BCUT2D eigenvalue weighted by Gasteiger charge is 2.17. The summed E-state index contributed by atoms with van der Waals surface area (Å²) in [6.07, 6.45) is 0. The van der Waals surface area contributed by atoms with E-state index < -0.39 is 10.2 Å². The molecule has 0 unspecified atom stereocenters. The fourth-order valence-corrected chi connectivity index (χ4v) is 2.95. The van der Waals surface area contributed by atoms with Gasteiger partial charge in [-0.3, -0.25) is 0 Å². The van der Waals surface area contributed by atoms with Gasteiger partial charge in [-0.15, -0.1) is 0 Å². The summed E-state index contributed by atoms with van der Waals surface area (Å²) in [5, 5.41) is 0. The van der Waals surface area contributed by atoms with E-state index in [0.717, 1.165) is 11.1 Å². The third-order valence-electron chi connectivity index (χ3n) is 2.83. The van der Waals surface area contributed by atoms with Gasteiger partial charge in [0.1, 0.15) is 0 Å². The Morgan fingerprint density at radius 2 is 1.72 bits per heavy atom. The van der Waals surface area contributed by atoms with Gasteiger partial charge in [-0.2, -0.15) is 17.4 Å². The molecule has 0 aromatic heterocycles. The van der Waals surface area contributed by atoms with Crippen molar-refractivity contribution in [2.75, 3.05) is 13.1 Å². The average molecular weight is 271 g/mol. The second-order valence-corrected chi connectivity index (χ2v) is 5.64. The molecule has 0 saturated carbocycles. The molecule has 3 N–H and O–H groups in total. The van der Waals surface area contributed by atoms with Crippen LogP contribution in [0.1, 0.15) is 25.0 Å². The molecule has 0 saturated heterocycles. The maximum Gasteiger partial charge on any atom is 0.279 e. The van der Waals surface area contributed by atoms with Crippen LogP contribution in [0.5, 0.6) is 0 Å². The number of benzene rings is 1. The highest BCUT2D eigenvalue weighted by molar-refractivity contribution is 7.87. The van der Waals surface area contributed by atoms with E-state index in [4.69, 9.17) is 5.73 Å². The van der Waals surface area contributed by atoms with Crippen LogP contribution in [0, 0.1) is 0 Å². The number of nitrogens with one attached hydrogen (secondary N) is 1. The molecule has 1 rings (SSSR count). The summed E-state index contributed by atoms with van der Waals surface area (Å²) in [7, 11) is -3.40. The minimum Gasteiger partial charge on any atom is -0.326 e. The van der Waals surface area contributed by atoms with Gasteiger partial charge in [0.25, 0.3) is 10.2 Å². The molecule has 0 heterocycles. The van der Waals surface area contributed by atoms with Crippen LogP contribution in [-0.2, 0) is 23.3 Å². The van der Waals surface area contributed by atoms with E-state index >= 15 is 0 Å². The molecule has 0 aliphatic heterocycles. The van der Waals surface area contributed by atoms with E-state index in [-0.39, 0.29) is 6.54 Å². The molecule has 0 aliphatic carbocycles. The Hall–Kier alpha value is -0.950. The van der Waals surface area contributed by atoms with Gasteiger partial charge in [0, 0.05) is 26.2 Å². The van der Waals surface area contributed by atoms with Gasteiger partial charge in [0.15, 0.2) is 0 Å². The molecule has 102 valence electrons. The SMILES string of the molecule is CCN(CC)S(=O)(=O)NCc1ccccc1CN. The molecular weight excluding hydrogens is 250 g/mol. The van der Waals surface area contributed by atoms with E-state index in [1.54, 1.807) is 0 Å². The van der Waals surface area contributed by atoms with Crippen LogP contribution in [0.3, 0.4) is 0 Å². The van der Waals surface area contributed by atoms with Gasteiger partial charge in [-0.1, -0.05) is 38.1 Å². The molecule has 0 amide bonds. The van der Waals surface area contributed by atoms with Crippen LogP contribution >= 0.6 is 0 Å². The minimum atomic E-state index is -3.40. The zero-order valence-electron chi connectivity index (χ0n) is 10.9. The van der Waals surface area contributed by atoms with E-state index in [1.165, 1.54) is 4.31 Å². The van der Waals surface area contributed by atoms with Crippen molar-refractivity contribution in [1.82, 2.24) is 9.03 Å². The maximum atomic E-state index is 11.9. The first kappa shape index (κ1) is 15.1. The fourth-order valence-electron chi connectivity index (χ4n) is 1.75.